The number of hydrogen-bond acceptors (Lipinski definition) is 5. The highest BCUT2D eigenvalue weighted by atomic mass is 19.4. The molecule has 4 rings (SSSR count). The van der Waals surface area contributed by atoms with Crippen molar-refractivity contribution in [3.8, 4) is 0 Å². The van der Waals surface area contributed by atoms with Crippen LogP contribution in [0.15, 0.2) is 48.5 Å². The second kappa shape index (κ2) is 9.38. The van der Waals surface area contributed by atoms with E-state index in [1.165, 1.54) is 13.2 Å². The molecule has 0 saturated carbocycles. The summed E-state index contributed by atoms with van der Waals surface area (Å²) in [6.45, 7) is 3.74. The minimum absolute atomic E-state index is 0.165. The number of hydrogen-bond donors (Lipinski definition) is 2. The molecule has 0 spiro atoms. The smallest absolute Gasteiger partial charge is 0.416 e. The fourth-order valence-corrected chi connectivity index (χ4v) is 4.17. The lowest BCUT2D eigenvalue weighted by Crippen LogP contribution is -2.52. The van der Waals surface area contributed by atoms with E-state index in [-0.39, 0.29) is 11.6 Å². The zero-order valence-electron chi connectivity index (χ0n) is 18.8. The minimum Gasteiger partial charge on any atom is -0.464 e. The van der Waals surface area contributed by atoms with Gasteiger partial charge in [0.2, 0.25) is 5.91 Å². The highest BCUT2D eigenvalue weighted by Gasteiger charge is 2.32. The van der Waals surface area contributed by atoms with Crippen LogP contribution < -0.4 is 10.2 Å². The van der Waals surface area contributed by atoms with Gasteiger partial charge < -0.3 is 19.9 Å². The number of methoxy groups -OCH3 is 1. The molecule has 1 atom stereocenters. The number of aromatic nitrogens is 1. The first-order valence-corrected chi connectivity index (χ1v) is 10.8. The highest BCUT2D eigenvalue weighted by molar-refractivity contribution is 6.11. The van der Waals surface area contributed by atoms with E-state index in [2.05, 4.69) is 10.3 Å². The van der Waals surface area contributed by atoms with E-state index in [1.54, 1.807) is 25.1 Å². The van der Waals surface area contributed by atoms with E-state index in [0.29, 0.717) is 48.5 Å². The summed E-state index contributed by atoms with van der Waals surface area (Å²) in [6, 6.07) is 12.0. The summed E-state index contributed by atoms with van der Waals surface area (Å²) in [5, 5.41) is 3.55. The molecule has 1 aliphatic heterocycles. The number of piperazine rings is 1. The first-order chi connectivity index (χ1) is 16.2. The van der Waals surface area contributed by atoms with Crippen LogP contribution in [0.4, 0.5) is 24.5 Å². The Morgan fingerprint density at radius 2 is 1.76 bits per heavy atom. The molecule has 2 N–H and O–H groups in total. The lowest BCUT2D eigenvalue weighted by molar-refractivity contribution is -0.137. The second-order valence-electron chi connectivity index (χ2n) is 8.15. The third-order valence-corrected chi connectivity index (χ3v) is 6.12. The number of halogens is 3. The van der Waals surface area contributed by atoms with Crippen LogP contribution >= 0.6 is 0 Å². The summed E-state index contributed by atoms with van der Waals surface area (Å²) in [5.74, 6) is -0.878. The van der Waals surface area contributed by atoms with Gasteiger partial charge in [0.1, 0.15) is 5.69 Å². The second-order valence-corrected chi connectivity index (χ2v) is 8.15. The number of anilines is 2. The number of fused-ring (bicyclic) bond motifs is 1. The molecule has 1 amide bonds. The van der Waals surface area contributed by atoms with Gasteiger partial charge in [-0.05, 0) is 31.2 Å². The van der Waals surface area contributed by atoms with Crippen molar-refractivity contribution in [2.24, 2.45) is 0 Å². The molecular formula is C24H25F3N4O3. The summed E-state index contributed by atoms with van der Waals surface area (Å²) in [6.07, 6.45) is -4.39. The van der Waals surface area contributed by atoms with Crippen LogP contribution in [0, 0.1) is 0 Å². The molecule has 1 fully saturated rings. The van der Waals surface area contributed by atoms with Crippen molar-refractivity contribution < 1.29 is 27.5 Å². The monoisotopic (exact) mass is 474 g/mol. The molecule has 2 aromatic carbocycles. The van der Waals surface area contributed by atoms with Crippen molar-refractivity contribution >= 4 is 34.2 Å². The van der Waals surface area contributed by atoms with E-state index >= 15 is 0 Å². The van der Waals surface area contributed by atoms with Gasteiger partial charge in [0, 0.05) is 42.8 Å². The quantitative estimate of drug-likeness (QED) is 0.544. The number of carbonyl (C=O) groups is 2. The Balaban J connectivity index is 1.44. The maximum absolute atomic E-state index is 13.1. The van der Waals surface area contributed by atoms with Gasteiger partial charge in [-0.2, -0.15) is 13.2 Å². The molecule has 2 heterocycles. The number of nitrogens with one attached hydrogen (secondary N) is 2. The molecule has 1 saturated heterocycles. The summed E-state index contributed by atoms with van der Waals surface area (Å²) in [7, 11) is 1.27. The SMILES string of the molecule is COC(=O)c1[nH]c2ccccc2c1NC(=O)[C@H](C)N1CCN(c2cccc(C(F)(F)F)c2)CC1. The van der Waals surface area contributed by atoms with E-state index in [1.807, 2.05) is 21.9 Å². The maximum atomic E-state index is 13.1. The molecule has 180 valence electrons. The Hall–Kier alpha value is -3.53. The average molecular weight is 474 g/mol. The van der Waals surface area contributed by atoms with Crippen molar-refractivity contribution in [2.75, 3.05) is 43.5 Å². The molecule has 0 bridgehead atoms. The molecule has 0 aliphatic carbocycles. The third kappa shape index (κ3) is 4.72. The number of rotatable bonds is 5. The van der Waals surface area contributed by atoms with Gasteiger partial charge >= 0.3 is 12.1 Å². The normalized spacial score (nSPS) is 15.9. The number of ether oxygens (including phenoxy) is 1. The number of benzene rings is 2. The van der Waals surface area contributed by atoms with Gasteiger partial charge in [-0.15, -0.1) is 0 Å². The van der Waals surface area contributed by atoms with Crippen LogP contribution in [-0.2, 0) is 15.7 Å². The van der Waals surface area contributed by atoms with Crippen LogP contribution in [-0.4, -0.2) is 61.1 Å². The summed E-state index contributed by atoms with van der Waals surface area (Å²) in [4.78, 5) is 32.1. The number of esters is 1. The van der Waals surface area contributed by atoms with Gasteiger partial charge in [-0.25, -0.2) is 4.79 Å². The van der Waals surface area contributed by atoms with Crippen LogP contribution in [0.2, 0.25) is 0 Å². The highest BCUT2D eigenvalue weighted by Crippen LogP contribution is 2.32. The number of nitrogens with zero attached hydrogens (tertiary/aromatic N) is 2. The molecule has 1 aromatic heterocycles. The van der Waals surface area contributed by atoms with E-state index in [0.717, 1.165) is 12.1 Å². The minimum atomic E-state index is -4.39. The molecule has 1 aliphatic rings. The first kappa shape index (κ1) is 23.6. The van der Waals surface area contributed by atoms with E-state index in [4.69, 9.17) is 4.74 Å². The number of aromatic amines is 1. The maximum Gasteiger partial charge on any atom is 0.416 e. The molecule has 0 unspecified atom stereocenters. The molecular weight excluding hydrogens is 449 g/mol. The third-order valence-electron chi connectivity index (χ3n) is 6.12. The summed E-state index contributed by atoms with van der Waals surface area (Å²) < 4.78 is 44.0. The fraction of sp³-hybridized carbons (Fsp3) is 0.333. The standard InChI is InChI=1S/C24H25F3N4O3/c1-15(22(32)29-20-18-8-3-4-9-19(18)28-21(20)23(33)34-2)30-10-12-31(13-11-30)17-7-5-6-16(14-17)24(25,26)27/h3-9,14-15,28H,10-13H2,1-2H3,(H,29,32)/t15-/m0/s1. The average Bonchev–Trinajstić information content (AvgIpc) is 3.21. The summed E-state index contributed by atoms with van der Waals surface area (Å²) >= 11 is 0. The topological polar surface area (TPSA) is 77.7 Å². The van der Waals surface area contributed by atoms with Crippen molar-refractivity contribution in [3.05, 3.63) is 59.8 Å². The molecule has 7 nitrogen and oxygen atoms in total. The van der Waals surface area contributed by atoms with Crippen molar-refractivity contribution in [1.82, 2.24) is 9.88 Å². The number of para-hydroxylation sites is 1. The number of H-pyrrole nitrogens is 1. The van der Waals surface area contributed by atoms with Crippen LogP contribution in [0.25, 0.3) is 10.9 Å². The zero-order valence-corrected chi connectivity index (χ0v) is 18.8. The van der Waals surface area contributed by atoms with E-state index < -0.39 is 23.8 Å². The lowest BCUT2D eigenvalue weighted by Gasteiger charge is -2.38. The largest absolute Gasteiger partial charge is 0.464 e. The molecule has 0 radical (unpaired) electrons. The predicted octanol–water partition coefficient (Wildman–Crippen LogP) is 4.12. The Morgan fingerprint density at radius 3 is 2.44 bits per heavy atom. The number of carbonyl (C=O) groups excluding carboxylic acids is 2. The van der Waals surface area contributed by atoms with Gasteiger partial charge in [0.25, 0.3) is 0 Å². The Bertz CT molecular complexity index is 1200. The van der Waals surface area contributed by atoms with Gasteiger partial charge in [0.15, 0.2) is 0 Å². The van der Waals surface area contributed by atoms with Crippen LogP contribution in [0.5, 0.6) is 0 Å². The Morgan fingerprint density at radius 1 is 1.06 bits per heavy atom. The molecule has 10 heteroatoms. The van der Waals surface area contributed by atoms with Crippen molar-refractivity contribution in [2.45, 2.75) is 19.1 Å². The Labute approximate surface area is 194 Å². The van der Waals surface area contributed by atoms with E-state index in [9.17, 15) is 22.8 Å². The fourth-order valence-electron chi connectivity index (χ4n) is 4.17. The van der Waals surface area contributed by atoms with Crippen molar-refractivity contribution in [1.29, 1.82) is 0 Å². The van der Waals surface area contributed by atoms with Crippen LogP contribution in [0.3, 0.4) is 0 Å². The van der Waals surface area contributed by atoms with Crippen LogP contribution in [0.1, 0.15) is 23.0 Å². The first-order valence-electron chi connectivity index (χ1n) is 10.8. The number of alkyl halides is 3. The van der Waals surface area contributed by atoms with Gasteiger partial charge in [0.05, 0.1) is 24.4 Å². The molecule has 3 aromatic rings. The van der Waals surface area contributed by atoms with Crippen molar-refractivity contribution in [3.63, 3.8) is 0 Å². The lowest BCUT2D eigenvalue weighted by atomic mass is 10.1. The Kier molecular flexibility index (Phi) is 6.52. The number of amides is 1. The molecule has 34 heavy (non-hydrogen) atoms. The summed E-state index contributed by atoms with van der Waals surface area (Å²) in [5.41, 5.74) is 1.05. The zero-order chi connectivity index (χ0) is 24.5. The van der Waals surface area contributed by atoms with Gasteiger partial charge in [-0.3, -0.25) is 9.69 Å². The predicted molar refractivity (Wildman–Crippen MR) is 123 cm³/mol. The van der Waals surface area contributed by atoms with Gasteiger partial charge in [-0.1, -0.05) is 24.3 Å².